The molecule has 1 atom stereocenters. The molecule has 4 rings (SSSR count). The summed E-state index contributed by atoms with van der Waals surface area (Å²) in [5, 5.41) is 9.34. The summed E-state index contributed by atoms with van der Waals surface area (Å²) in [5.41, 5.74) is 3.24. The molecule has 2 N–H and O–H groups in total. The second-order valence-electron chi connectivity index (χ2n) is 8.89. The number of halogens is 3. The van der Waals surface area contributed by atoms with E-state index in [-0.39, 0.29) is 29.9 Å². The first-order valence-corrected chi connectivity index (χ1v) is 11.7. The van der Waals surface area contributed by atoms with E-state index in [2.05, 4.69) is 16.9 Å². The van der Waals surface area contributed by atoms with Gasteiger partial charge in [0.25, 0.3) is 5.91 Å². The van der Waals surface area contributed by atoms with Gasteiger partial charge in [0, 0.05) is 37.4 Å². The number of fused-ring (bicyclic) bond motifs is 1. The van der Waals surface area contributed by atoms with E-state index in [4.69, 9.17) is 4.98 Å². The number of pyridine rings is 1. The first-order chi connectivity index (χ1) is 16.3. The van der Waals surface area contributed by atoms with Crippen LogP contribution in [0.1, 0.15) is 71.8 Å². The molecule has 9 heteroatoms. The molecule has 3 heterocycles. The third kappa shape index (κ3) is 5.41. The average molecular weight is 475 g/mol. The molecule has 34 heavy (non-hydrogen) atoms. The summed E-state index contributed by atoms with van der Waals surface area (Å²) in [7, 11) is 0. The van der Waals surface area contributed by atoms with Gasteiger partial charge in [-0.15, -0.1) is 0 Å². The number of carbonyl (C=O) groups is 1. The van der Waals surface area contributed by atoms with Crippen molar-refractivity contribution in [2.45, 2.75) is 57.0 Å². The van der Waals surface area contributed by atoms with E-state index >= 15 is 0 Å². The van der Waals surface area contributed by atoms with Crippen LogP contribution in [0.3, 0.4) is 0 Å². The molecule has 6 nitrogen and oxygen atoms in total. The Morgan fingerprint density at radius 1 is 1.21 bits per heavy atom. The Balaban J connectivity index is 1.43. The van der Waals surface area contributed by atoms with Gasteiger partial charge in [-0.3, -0.25) is 4.79 Å². The zero-order chi connectivity index (χ0) is 24.3. The number of carbonyl (C=O) groups excluding carboxylic acids is 1. The number of nitrogens with one attached hydrogen (secondary N) is 1. The molecule has 3 aromatic rings. The predicted molar refractivity (Wildman–Crippen MR) is 123 cm³/mol. The monoisotopic (exact) mass is 474 g/mol. The summed E-state index contributed by atoms with van der Waals surface area (Å²) in [6.45, 7) is 3.31. The van der Waals surface area contributed by atoms with Crippen LogP contribution in [-0.4, -0.2) is 56.7 Å². The van der Waals surface area contributed by atoms with E-state index in [9.17, 15) is 23.1 Å². The SMILES string of the molecule is CCC(CCO)c1nc2c(C3CCN(C(=O)c4ccc(CC(F)(F)F)cc4)CC3)ccnc2[nH]1. The number of hydrogen-bond donors (Lipinski definition) is 2. The fourth-order valence-electron chi connectivity index (χ4n) is 4.73. The number of hydrogen-bond acceptors (Lipinski definition) is 4. The molecular formula is C25H29F3N4O2. The van der Waals surface area contributed by atoms with Crippen LogP contribution >= 0.6 is 0 Å². The Kier molecular flexibility index (Phi) is 7.21. The van der Waals surface area contributed by atoms with Crippen LogP contribution in [0, 0.1) is 0 Å². The molecule has 182 valence electrons. The molecule has 1 aromatic carbocycles. The van der Waals surface area contributed by atoms with Crippen LogP contribution in [-0.2, 0) is 6.42 Å². The highest BCUT2D eigenvalue weighted by molar-refractivity contribution is 5.94. The van der Waals surface area contributed by atoms with Crippen LogP contribution in [0.2, 0.25) is 0 Å². The number of H-pyrrole nitrogens is 1. The third-order valence-electron chi connectivity index (χ3n) is 6.62. The number of benzene rings is 1. The molecular weight excluding hydrogens is 445 g/mol. The minimum absolute atomic E-state index is 0.105. The molecule has 0 saturated carbocycles. The fourth-order valence-corrected chi connectivity index (χ4v) is 4.73. The van der Waals surface area contributed by atoms with Crippen molar-refractivity contribution >= 4 is 17.1 Å². The molecule has 0 radical (unpaired) electrons. The number of aromatic amines is 1. The van der Waals surface area contributed by atoms with Gasteiger partial charge in [0.2, 0.25) is 0 Å². The number of amides is 1. The summed E-state index contributed by atoms with van der Waals surface area (Å²) < 4.78 is 37.7. The highest BCUT2D eigenvalue weighted by Crippen LogP contribution is 2.33. The van der Waals surface area contributed by atoms with Crippen LogP contribution < -0.4 is 0 Å². The first-order valence-electron chi connectivity index (χ1n) is 11.7. The lowest BCUT2D eigenvalue weighted by molar-refractivity contribution is -0.127. The number of aromatic nitrogens is 3. The lowest BCUT2D eigenvalue weighted by Crippen LogP contribution is -2.38. The van der Waals surface area contributed by atoms with Gasteiger partial charge >= 0.3 is 6.18 Å². The molecule has 1 aliphatic rings. The summed E-state index contributed by atoms with van der Waals surface area (Å²) in [5.74, 6) is 1.06. The zero-order valence-corrected chi connectivity index (χ0v) is 19.1. The van der Waals surface area contributed by atoms with Crippen molar-refractivity contribution in [2.24, 2.45) is 0 Å². The Morgan fingerprint density at radius 3 is 2.53 bits per heavy atom. The van der Waals surface area contributed by atoms with Crippen LogP contribution in [0.15, 0.2) is 36.5 Å². The summed E-state index contributed by atoms with van der Waals surface area (Å²) >= 11 is 0. The van der Waals surface area contributed by atoms with E-state index in [1.54, 1.807) is 11.1 Å². The highest BCUT2D eigenvalue weighted by atomic mass is 19.4. The number of nitrogens with zero attached hydrogens (tertiary/aromatic N) is 3. The summed E-state index contributed by atoms with van der Waals surface area (Å²) in [4.78, 5) is 27.2. The molecule has 0 aliphatic carbocycles. The number of aliphatic hydroxyl groups is 1. The lowest BCUT2D eigenvalue weighted by atomic mass is 9.89. The van der Waals surface area contributed by atoms with Crippen molar-refractivity contribution in [2.75, 3.05) is 19.7 Å². The van der Waals surface area contributed by atoms with Crippen molar-refractivity contribution < 1.29 is 23.1 Å². The summed E-state index contributed by atoms with van der Waals surface area (Å²) in [6.07, 6.45) is -0.443. The number of likely N-dealkylation sites (tertiary alicyclic amines) is 1. The zero-order valence-electron chi connectivity index (χ0n) is 19.1. The Labute approximate surface area is 196 Å². The molecule has 1 aliphatic heterocycles. The molecule has 1 saturated heterocycles. The van der Waals surface area contributed by atoms with Crippen molar-refractivity contribution in [1.82, 2.24) is 19.9 Å². The summed E-state index contributed by atoms with van der Waals surface area (Å²) in [6, 6.07) is 7.68. The molecule has 2 aromatic heterocycles. The van der Waals surface area contributed by atoms with Crippen molar-refractivity contribution in [1.29, 1.82) is 0 Å². The van der Waals surface area contributed by atoms with Gasteiger partial charge in [0.05, 0.1) is 6.42 Å². The maximum absolute atomic E-state index is 12.9. The second kappa shape index (κ2) is 10.1. The van der Waals surface area contributed by atoms with Crippen molar-refractivity contribution in [3.63, 3.8) is 0 Å². The number of piperidine rings is 1. The van der Waals surface area contributed by atoms with E-state index < -0.39 is 12.6 Å². The van der Waals surface area contributed by atoms with E-state index in [0.717, 1.165) is 41.8 Å². The second-order valence-corrected chi connectivity index (χ2v) is 8.89. The quantitative estimate of drug-likeness (QED) is 0.507. The first kappa shape index (κ1) is 24.2. The molecule has 0 spiro atoms. The molecule has 1 fully saturated rings. The number of aliphatic hydroxyl groups excluding tert-OH is 1. The Morgan fingerprint density at radius 2 is 1.91 bits per heavy atom. The van der Waals surface area contributed by atoms with E-state index in [1.165, 1.54) is 24.3 Å². The maximum atomic E-state index is 12.9. The van der Waals surface area contributed by atoms with Crippen LogP contribution in [0.5, 0.6) is 0 Å². The van der Waals surface area contributed by atoms with Crippen molar-refractivity contribution in [3.05, 3.63) is 59.0 Å². The number of imidazole rings is 1. The Bertz CT molecular complexity index is 1120. The average Bonchev–Trinajstić information content (AvgIpc) is 3.26. The minimum atomic E-state index is -4.27. The van der Waals surface area contributed by atoms with Gasteiger partial charge in [0.1, 0.15) is 11.3 Å². The van der Waals surface area contributed by atoms with Gasteiger partial charge in [0.15, 0.2) is 5.65 Å². The predicted octanol–water partition coefficient (Wildman–Crippen LogP) is 4.96. The van der Waals surface area contributed by atoms with Gasteiger partial charge in [-0.05, 0) is 60.9 Å². The topological polar surface area (TPSA) is 82.1 Å². The van der Waals surface area contributed by atoms with Gasteiger partial charge in [-0.2, -0.15) is 13.2 Å². The van der Waals surface area contributed by atoms with Crippen molar-refractivity contribution in [3.8, 4) is 0 Å². The lowest BCUT2D eigenvalue weighted by Gasteiger charge is -2.32. The molecule has 0 bridgehead atoms. The fraction of sp³-hybridized carbons (Fsp3) is 0.480. The smallest absolute Gasteiger partial charge is 0.393 e. The van der Waals surface area contributed by atoms with Crippen LogP contribution in [0.25, 0.3) is 11.2 Å². The molecule has 1 unspecified atom stereocenters. The number of alkyl halides is 3. The normalized spacial score (nSPS) is 16.2. The van der Waals surface area contributed by atoms with Gasteiger partial charge in [-0.1, -0.05) is 19.1 Å². The highest BCUT2D eigenvalue weighted by Gasteiger charge is 2.29. The van der Waals surface area contributed by atoms with E-state index in [1.807, 2.05) is 6.07 Å². The maximum Gasteiger partial charge on any atom is 0.393 e. The largest absolute Gasteiger partial charge is 0.396 e. The molecule has 1 amide bonds. The Hall–Kier alpha value is -2.94. The third-order valence-corrected chi connectivity index (χ3v) is 6.62. The van der Waals surface area contributed by atoms with Gasteiger partial charge in [-0.25, -0.2) is 9.97 Å². The van der Waals surface area contributed by atoms with Gasteiger partial charge < -0.3 is 15.0 Å². The standard InChI is InChI=1S/C25H29F3N4O2/c1-2-17(10-14-33)22-30-21-20(7-11-29-23(21)31-22)18-8-12-32(13-9-18)24(34)19-5-3-16(4-6-19)15-25(26,27)28/h3-7,11,17-18,33H,2,8-10,12-15H2,1H3,(H,29,30,31). The number of rotatable bonds is 7. The van der Waals surface area contributed by atoms with E-state index in [0.29, 0.717) is 25.1 Å². The van der Waals surface area contributed by atoms with Crippen LogP contribution in [0.4, 0.5) is 13.2 Å². The minimum Gasteiger partial charge on any atom is -0.396 e.